The third kappa shape index (κ3) is 3.02. The van der Waals surface area contributed by atoms with Gasteiger partial charge in [0.15, 0.2) is 0 Å². The van der Waals surface area contributed by atoms with Crippen molar-refractivity contribution in [3.8, 4) is 0 Å². The first kappa shape index (κ1) is 16.5. The number of carbonyl (C=O) groups is 1. The lowest BCUT2D eigenvalue weighted by atomic mass is 9.86. The van der Waals surface area contributed by atoms with Crippen LogP contribution < -0.4 is 5.32 Å². The Morgan fingerprint density at radius 1 is 1.19 bits per heavy atom. The summed E-state index contributed by atoms with van der Waals surface area (Å²) >= 11 is 0. The number of amides is 2. The van der Waals surface area contributed by atoms with Crippen LogP contribution in [0.15, 0.2) is 54.7 Å². The minimum Gasteiger partial charge on any atom is -0.366 e. The summed E-state index contributed by atoms with van der Waals surface area (Å²) in [7, 11) is 0. The van der Waals surface area contributed by atoms with Crippen molar-refractivity contribution < 1.29 is 9.53 Å². The normalized spacial score (nSPS) is 27.8. The molecule has 1 aromatic carbocycles. The molecule has 0 spiro atoms. The molecule has 3 aliphatic heterocycles. The molecule has 2 saturated heterocycles. The van der Waals surface area contributed by atoms with Gasteiger partial charge in [0.1, 0.15) is 0 Å². The van der Waals surface area contributed by atoms with Crippen molar-refractivity contribution in [2.45, 2.75) is 25.6 Å². The quantitative estimate of drug-likeness (QED) is 0.853. The highest BCUT2D eigenvalue weighted by Crippen LogP contribution is 2.43. The first-order chi connectivity index (χ1) is 13.2. The SMILES string of the molecule is Cc1ccc(Cc2ccccn2)cc1NC(=O)N1CC2C3C=CC(O3)C2C1. The molecule has 0 aliphatic carbocycles. The first-order valence-electron chi connectivity index (χ1n) is 9.56. The van der Waals surface area contributed by atoms with E-state index < -0.39 is 0 Å². The van der Waals surface area contributed by atoms with E-state index >= 15 is 0 Å². The van der Waals surface area contributed by atoms with Crippen molar-refractivity contribution in [3.05, 3.63) is 71.6 Å². The van der Waals surface area contributed by atoms with E-state index in [0.717, 1.165) is 42.0 Å². The topological polar surface area (TPSA) is 54.5 Å². The van der Waals surface area contributed by atoms with Crippen molar-refractivity contribution in [3.63, 3.8) is 0 Å². The molecule has 0 saturated carbocycles. The lowest BCUT2D eigenvalue weighted by Gasteiger charge is -2.20. The standard InChI is InChI=1S/C22H23N3O2/c1-14-5-6-15(10-16-4-2-3-9-23-16)11-19(14)24-22(26)25-12-17-18(13-25)21-8-7-20(17)27-21/h2-9,11,17-18,20-21H,10,12-13H2,1H3,(H,24,26). The number of aryl methyl sites for hydroxylation is 1. The van der Waals surface area contributed by atoms with Gasteiger partial charge < -0.3 is 15.0 Å². The minimum absolute atomic E-state index is 0.0121. The molecule has 5 heteroatoms. The van der Waals surface area contributed by atoms with Gasteiger partial charge >= 0.3 is 6.03 Å². The Morgan fingerprint density at radius 2 is 1.96 bits per heavy atom. The van der Waals surface area contributed by atoms with Crippen molar-refractivity contribution >= 4 is 11.7 Å². The molecule has 138 valence electrons. The molecule has 27 heavy (non-hydrogen) atoms. The molecule has 5 nitrogen and oxygen atoms in total. The second kappa shape index (κ2) is 6.50. The molecule has 4 atom stereocenters. The van der Waals surface area contributed by atoms with E-state index in [0.29, 0.717) is 11.8 Å². The lowest BCUT2D eigenvalue weighted by Crippen LogP contribution is -2.35. The van der Waals surface area contributed by atoms with Gasteiger partial charge in [-0.25, -0.2) is 4.79 Å². The fraction of sp³-hybridized carbons (Fsp3) is 0.364. The second-order valence-corrected chi connectivity index (χ2v) is 7.76. The van der Waals surface area contributed by atoms with Gasteiger partial charge in [0.2, 0.25) is 0 Å². The molecule has 2 fully saturated rings. The summed E-state index contributed by atoms with van der Waals surface area (Å²) in [6, 6.07) is 12.1. The van der Waals surface area contributed by atoms with Crippen LogP contribution in [0.5, 0.6) is 0 Å². The van der Waals surface area contributed by atoms with E-state index in [-0.39, 0.29) is 18.2 Å². The van der Waals surface area contributed by atoms with E-state index in [1.165, 1.54) is 0 Å². The number of benzene rings is 1. The Kier molecular flexibility index (Phi) is 3.97. The molecule has 2 amide bonds. The van der Waals surface area contributed by atoms with E-state index in [1.807, 2.05) is 36.2 Å². The van der Waals surface area contributed by atoms with Crippen LogP contribution in [0.25, 0.3) is 0 Å². The zero-order valence-electron chi connectivity index (χ0n) is 15.3. The summed E-state index contributed by atoms with van der Waals surface area (Å²) < 4.78 is 5.90. The zero-order chi connectivity index (χ0) is 18.4. The smallest absolute Gasteiger partial charge is 0.321 e. The van der Waals surface area contributed by atoms with Crippen molar-refractivity contribution in [2.24, 2.45) is 11.8 Å². The molecule has 1 aromatic heterocycles. The molecule has 4 unspecified atom stereocenters. The Morgan fingerprint density at radius 3 is 2.67 bits per heavy atom. The van der Waals surface area contributed by atoms with Crippen molar-refractivity contribution in [2.75, 3.05) is 18.4 Å². The van der Waals surface area contributed by atoms with Gasteiger partial charge in [-0.05, 0) is 36.2 Å². The Labute approximate surface area is 159 Å². The Bertz CT molecular complexity index is 876. The summed E-state index contributed by atoms with van der Waals surface area (Å²) in [6.07, 6.45) is 7.26. The number of urea groups is 1. The molecule has 1 N–H and O–H groups in total. The average molecular weight is 361 g/mol. The average Bonchev–Trinajstić information content (AvgIpc) is 3.38. The lowest BCUT2D eigenvalue weighted by molar-refractivity contribution is 0.0892. The number of nitrogens with one attached hydrogen (secondary N) is 1. The van der Waals surface area contributed by atoms with Crippen LogP contribution in [0.3, 0.4) is 0 Å². The number of fused-ring (bicyclic) bond motifs is 5. The number of nitrogens with zero attached hydrogens (tertiary/aromatic N) is 2. The second-order valence-electron chi connectivity index (χ2n) is 7.76. The Hall–Kier alpha value is -2.66. The van der Waals surface area contributed by atoms with Crippen LogP contribution >= 0.6 is 0 Å². The van der Waals surface area contributed by atoms with Crippen molar-refractivity contribution in [1.82, 2.24) is 9.88 Å². The minimum atomic E-state index is -0.0121. The number of ether oxygens (including phenoxy) is 1. The van der Waals surface area contributed by atoms with Gasteiger partial charge in [-0.3, -0.25) is 4.98 Å². The van der Waals surface area contributed by atoms with Crippen LogP contribution in [0.1, 0.15) is 16.8 Å². The highest BCUT2D eigenvalue weighted by Gasteiger charge is 2.51. The maximum atomic E-state index is 12.8. The molecule has 0 radical (unpaired) electrons. The number of carbonyl (C=O) groups excluding carboxylic acids is 1. The molecular weight excluding hydrogens is 338 g/mol. The molecule has 2 aromatic rings. The molecule has 4 heterocycles. The number of rotatable bonds is 3. The molecular formula is C22H23N3O2. The number of aromatic nitrogens is 1. The number of pyridine rings is 1. The van der Waals surface area contributed by atoms with E-state index in [2.05, 4.69) is 40.7 Å². The third-order valence-corrected chi connectivity index (χ3v) is 6.00. The summed E-state index contributed by atoms with van der Waals surface area (Å²) in [6.45, 7) is 3.57. The van der Waals surface area contributed by atoms with Gasteiger partial charge in [-0.15, -0.1) is 0 Å². The summed E-state index contributed by atoms with van der Waals surface area (Å²) in [5, 5.41) is 3.12. The predicted octanol–water partition coefficient (Wildman–Crippen LogP) is 3.40. The van der Waals surface area contributed by atoms with E-state index in [1.54, 1.807) is 0 Å². The monoisotopic (exact) mass is 361 g/mol. The highest BCUT2D eigenvalue weighted by molar-refractivity contribution is 5.90. The zero-order valence-corrected chi connectivity index (χ0v) is 15.3. The van der Waals surface area contributed by atoms with Crippen LogP contribution in [0, 0.1) is 18.8 Å². The maximum absolute atomic E-state index is 12.8. The predicted molar refractivity (Wildman–Crippen MR) is 104 cm³/mol. The van der Waals surface area contributed by atoms with Crippen LogP contribution in [-0.4, -0.2) is 41.2 Å². The third-order valence-electron chi connectivity index (χ3n) is 6.00. The van der Waals surface area contributed by atoms with Crippen molar-refractivity contribution in [1.29, 1.82) is 0 Å². The largest absolute Gasteiger partial charge is 0.366 e. The molecule has 2 bridgehead atoms. The number of likely N-dealkylation sites (tertiary alicyclic amines) is 1. The van der Waals surface area contributed by atoms with Crippen LogP contribution in [-0.2, 0) is 11.2 Å². The Balaban J connectivity index is 1.28. The van der Waals surface area contributed by atoms with Gasteiger partial charge in [0, 0.05) is 48.9 Å². The van der Waals surface area contributed by atoms with Crippen LogP contribution in [0.4, 0.5) is 10.5 Å². The number of anilines is 1. The van der Waals surface area contributed by atoms with Gasteiger partial charge in [0.25, 0.3) is 0 Å². The van der Waals surface area contributed by atoms with Crippen LogP contribution in [0.2, 0.25) is 0 Å². The van der Waals surface area contributed by atoms with Gasteiger partial charge in [-0.2, -0.15) is 0 Å². The fourth-order valence-electron chi connectivity index (χ4n) is 4.51. The molecule has 3 aliphatic rings. The van der Waals surface area contributed by atoms with Gasteiger partial charge in [0.05, 0.1) is 12.2 Å². The molecule has 5 rings (SSSR count). The fourth-order valence-corrected chi connectivity index (χ4v) is 4.51. The van der Waals surface area contributed by atoms with E-state index in [9.17, 15) is 4.79 Å². The number of hydrogen-bond donors (Lipinski definition) is 1. The highest BCUT2D eigenvalue weighted by atomic mass is 16.5. The van der Waals surface area contributed by atoms with Gasteiger partial charge in [-0.1, -0.05) is 30.4 Å². The van der Waals surface area contributed by atoms with E-state index in [4.69, 9.17) is 4.74 Å². The summed E-state index contributed by atoms with van der Waals surface area (Å²) in [5.41, 5.74) is 4.11. The first-order valence-corrected chi connectivity index (χ1v) is 9.56. The summed E-state index contributed by atoms with van der Waals surface area (Å²) in [5.74, 6) is 0.893. The maximum Gasteiger partial charge on any atom is 0.321 e. The number of hydrogen-bond acceptors (Lipinski definition) is 3. The summed E-state index contributed by atoms with van der Waals surface area (Å²) in [4.78, 5) is 19.2.